The Balaban J connectivity index is 1.82. The van der Waals surface area contributed by atoms with E-state index in [1.54, 1.807) is 24.6 Å². The molecule has 9 heteroatoms. The standard InChI is InChI=1S/C14H14ClN5O2S/c1-23-14-19-8-10(15)11(20-14)13(22)18-6-5-17-12(21)9-3-2-4-16-7-9/h2-4,7-8H,5-6H2,1H3,(H,17,21)(H,18,22). The highest BCUT2D eigenvalue weighted by atomic mass is 35.5. The van der Waals surface area contributed by atoms with Crippen molar-refractivity contribution in [3.8, 4) is 0 Å². The number of nitrogens with one attached hydrogen (secondary N) is 2. The molecule has 0 bridgehead atoms. The topological polar surface area (TPSA) is 96.9 Å². The average molecular weight is 352 g/mol. The van der Waals surface area contributed by atoms with E-state index in [1.807, 2.05) is 0 Å². The number of hydrogen-bond acceptors (Lipinski definition) is 6. The minimum absolute atomic E-state index is 0.115. The molecular formula is C14H14ClN5O2S. The quantitative estimate of drug-likeness (QED) is 0.464. The summed E-state index contributed by atoms with van der Waals surface area (Å²) in [5, 5.41) is 5.97. The molecule has 0 fully saturated rings. The zero-order valence-corrected chi connectivity index (χ0v) is 13.8. The van der Waals surface area contributed by atoms with E-state index in [2.05, 4.69) is 25.6 Å². The van der Waals surface area contributed by atoms with Gasteiger partial charge in [0.1, 0.15) is 0 Å². The number of pyridine rings is 1. The van der Waals surface area contributed by atoms with Crippen LogP contribution >= 0.6 is 23.4 Å². The number of carbonyl (C=O) groups is 2. The monoisotopic (exact) mass is 351 g/mol. The van der Waals surface area contributed by atoms with Gasteiger partial charge in [-0.1, -0.05) is 23.4 Å². The fourth-order valence-corrected chi connectivity index (χ4v) is 2.16. The van der Waals surface area contributed by atoms with E-state index in [1.165, 1.54) is 24.2 Å². The van der Waals surface area contributed by atoms with Gasteiger partial charge in [-0.3, -0.25) is 14.6 Å². The second-order valence-electron chi connectivity index (χ2n) is 4.31. The third-order valence-corrected chi connectivity index (χ3v) is 3.58. The Labute approximate surface area is 142 Å². The molecule has 0 radical (unpaired) electrons. The van der Waals surface area contributed by atoms with Gasteiger partial charge in [-0.25, -0.2) is 9.97 Å². The maximum absolute atomic E-state index is 12.0. The molecule has 0 aliphatic carbocycles. The largest absolute Gasteiger partial charge is 0.350 e. The normalized spacial score (nSPS) is 10.2. The Hall–Kier alpha value is -2.19. The zero-order valence-electron chi connectivity index (χ0n) is 12.2. The van der Waals surface area contributed by atoms with Gasteiger partial charge in [-0.15, -0.1) is 0 Å². The SMILES string of the molecule is CSc1ncc(Cl)c(C(=O)NCCNC(=O)c2cccnc2)n1. The van der Waals surface area contributed by atoms with Crippen LogP contribution in [-0.2, 0) is 0 Å². The van der Waals surface area contributed by atoms with Gasteiger partial charge in [-0.05, 0) is 18.4 Å². The first kappa shape index (κ1) is 17.2. The minimum Gasteiger partial charge on any atom is -0.350 e. The fraction of sp³-hybridized carbons (Fsp3) is 0.214. The lowest BCUT2D eigenvalue weighted by Crippen LogP contribution is -2.35. The molecule has 0 unspecified atom stereocenters. The highest BCUT2D eigenvalue weighted by molar-refractivity contribution is 7.98. The van der Waals surface area contributed by atoms with Crippen molar-refractivity contribution in [2.75, 3.05) is 19.3 Å². The molecule has 2 heterocycles. The molecular weight excluding hydrogens is 338 g/mol. The number of thioether (sulfide) groups is 1. The molecule has 120 valence electrons. The van der Waals surface area contributed by atoms with Crippen molar-refractivity contribution >= 4 is 35.2 Å². The lowest BCUT2D eigenvalue weighted by Gasteiger charge is -2.08. The summed E-state index contributed by atoms with van der Waals surface area (Å²) in [6, 6.07) is 3.34. The molecule has 0 aliphatic heterocycles. The lowest BCUT2D eigenvalue weighted by molar-refractivity contribution is 0.0924. The van der Waals surface area contributed by atoms with E-state index in [9.17, 15) is 9.59 Å². The molecule has 2 rings (SSSR count). The van der Waals surface area contributed by atoms with Gasteiger partial charge >= 0.3 is 0 Å². The van der Waals surface area contributed by atoms with Gasteiger partial charge in [0.05, 0.1) is 16.8 Å². The highest BCUT2D eigenvalue weighted by Crippen LogP contribution is 2.16. The summed E-state index contributed by atoms with van der Waals surface area (Å²) < 4.78 is 0. The number of carbonyl (C=O) groups excluding carboxylic acids is 2. The van der Waals surface area contributed by atoms with E-state index < -0.39 is 5.91 Å². The Morgan fingerprint density at radius 3 is 2.61 bits per heavy atom. The van der Waals surface area contributed by atoms with Gasteiger partial charge in [-0.2, -0.15) is 0 Å². The van der Waals surface area contributed by atoms with Crippen LogP contribution in [0.1, 0.15) is 20.8 Å². The summed E-state index contributed by atoms with van der Waals surface area (Å²) in [4.78, 5) is 35.7. The number of aromatic nitrogens is 3. The molecule has 0 atom stereocenters. The first-order valence-corrected chi connectivity index (χ1v) is 8.25. The number of rotatable bonds is 6. The van der Waals surface area contributed by atoms with Crippen LogP contribution in [0.5, 0.6) is 0 Å². The summed E-state index contributed by atoms with van der Waals surface area (Å²) >= 11 is 7.23. The van der Waals surface area contributed by atoms with Crippen LogP contribution in [0.4, 0.5) is 0 Å². The molecule has 7 nitrogen and oxygen atoms in total. The van der Waals surface area contributed by atoms with Crippen LogP contribution in [0.15, 0.2) is 35.9 Å². The van der Waals surface area contributed by atoms with Crippen LogP contribution in [0.2, 0.25) is 5.02 Å². The predicted molar refractivity (Wildman–Crippen MR) is 87.7 cm³/mol. The highest BCUT2D eigenvalue weighted by Gasteiger charge is 2.13. The summed E-state index contributed by atoms with van der Waals surface area (Å²) in [5.74, 6) is -0.666. The molecule has 23 heavy (non-hydrogen) atoms. The molecule has 2 aromatic rings. The van der Waals surface area contributed by atoms with Gasteiger partial charge in [0.15, 0.2) is 10.9 Å². The van der Waals surface area contributed by atoms with Crippen LogP contribution in [0, 0.1) is 0 Å². The van der Waals surface area contributed by atoms with Crippen LogP contribution in [-0.4, -0.2) is 46.1 Å². The molecule has 0 spiro atoms. The van der Waals surface area contributed by atoms with Crippen molar-refractivity contribution in [3.05, 3.63) is 47.0 Å². The van der Waals surface area contributed by atoms with Gasteiger partial charge < -0.3 is 10.6 Å². The molecule has 0 saturated carbocycles. The molecule has 2 N–H and O–H groups in total. The smallest absolute Gasteiger partial charge is 0.271 e. The summed E-state index contributed by atoms with van der Waals surface area (Å²) in [7, 11) is 0. The number of halogens is 1. The lowest BCUT2D eigenvalue weighted by atomic mass is 10.3. The summed E-state index contributed by atoms with van der Waals surface area (Å²) in [6.45, 7) is 0.525. The van der Waals surface area contributed by atoms with Crippen molar-refractivity contribution in [2.45, 2.75) is 5.16 Å². The van der Waals surface area contributed by atoms with Crippen molar-refractivity contribution < 1.29 is 9.59 Å². The van der Waals surface area contributed by atoms with Crippen molar-refractivity contribution in [1.29, 1.82) is 0 Å². The Morgan fingerprint density at radius 2 is 1.96 bits per heavy atom. The van der Waals surface area contributed by atoms with E-state index in [0.29, 0.717) is 10.7 Å². The fourth-order valence-electron chi connectivity index (χ4n) is 1.64. The molecule has 2 aromatic heterocycles. The zero-order chi connectivity index (χ0) is 16.7. The number of hydrogen-bond donors (Lipinski definition) is 2. The van der Waals surface area contributed by atoms with E-state index >= 15 is 0 Å². The minimum atomic E-state index is -0.414. The summed E-state index contributed by atoms with van der Waals surface area (Å²) in [5.41, 5.74) is 0.576. The number of nitrogens with zero attached hydrogens (tertiary/aromatic N) is 3. The second kappa shape index (κ2) is 8.44. The molecule has 0 saturated heterocycles. The Kier molecular flexibility index (Phi) is 6.30. The third-order valence-electron chi connectivity index (χ3n) is 2.74. The number of amides is 2. The van der Waals surface area contributed by atoms with Crippen LogP contribution in [0.3, 0.4) is 0 Å². The van der Waals surface area contributed by atoms with Gasteiger partial charge in [0, 0.05) is 25.5 Å². The van der Waals surface area contributed by atoms with E-state index in [0.717, 1.165) is 0 Å². The first-order chi connectivity index (χ1) is 11.1. The molecule has 0 aliphatic rings. The maximum atomic E-state index is 12.0. The van der Waals surface area contributed by atoms with Crippen LogP contribution < -0.4 is 10.6 Å². The first-order valence-electron chi connectivity index (χ1n) is 6.64. The van der Waals surface area contributed by atoms with Gasteiger partial charge in [0.2, 0.25) is 0 Å². The van der Waals surface area contributed by atoms with Crippen molar-refractivity contribution in [1.82, 2.24) is 25.6 Å². The summed E-state index contributed by atoms with van der Waals surface area (Å²) in [6.07, 6.45) is 6.25. The van der Waals surface area contributed by atoms with Gasteiger partial charge in [0.25, 0.3) is 11.8 Å². The van der Waals surface area contributed by atoms with Crippen molar-refractivity contribution in [2.24, 2.45) is 0 Å². The van der Waals surface area contributed by atoms with Crippen molar-refractivity contribution in [3.63, 3.8) is 0 Å². The van der Waals surface area contributed by atoms with Crippen LogP contribution in [0.25, 0.3) is 0 Å². The molecule has 2 amide bonds. The Morgan fingerprint density at radius 1 is 1.22 bits per heavy atom. The second-order valence-corrected chi connectivity index (χ2v) is 5.49. The predicted octanol–water partition coefficient (Wildman–Crippen LogP) is 1.41. The maximum Gasteiger partial charge on any atom is 0.271 e. The average Bonchev–Trinajstić information content (AvgIpc) is 2.59. The van der Waals surface area contributed by atoms with E-state index in [4.69, 9.17) is 11.6 Å². The third kappa shape index (κ3) is 4.90. The molecule has 0 aromatic carbocycles. The van der Waals surface area contributed by atoms with E-state index in [-0.39, 0.29) is 29.7 Å². The Bertz CT molecular complexity index is 699.